The maximum absolute atomic E-state index is 12.9. The van der Waals surface area contributed by atoms with Crippen LogP contribution >= 0.6 is 11.6 Å². The van der Waals surface area contributed by atoms with Gasteiger partial charge in [0.25, 0.3) is 11.8 Å². The average molecular weight is 466 g/mol. The van der Waals surface area contributed by atoms with E-state index >= 15 is 0 Å². The molecule has 9 heteroatoms. The number of phenols is 1. The van der Waals surface area contributed by atoms with Gasteiger partial charge >= 0.3 is 0 Å². The summed E-state index contributed by atoms with van der Waals surface area (Å²) in [7, 11) is 0. The van der Waals surface area contributed by atoms with E-state index in [0.29, 0.717) is 16.9 Å². The van der Waals surface area contributed by atoms with Gasteiger partial charge in [0.05, 0.1) is 5.02 Å². The molecule has 3 aromatic carbocycles. The minimum Gasteiger partial charge on any atom is -0.508 e. The van der Waals surface area contributed by atoms with Gasteiger partial charge in [-0.1, -0.05) is 17.7 Å². The molecule has 3 rings (SSSR count). The van der Waals surface area contributed by atoms with Gasteiger partial charge < -0.3 is 20.5 Å². The van der Waals surface area contributed by atoms with Crippen molar-refractivity contribution in [3.63, 3.8) is 0 Å². The van der Waals surface area contributed by atoms with Crippen molar-refractivity contribution in [1.29, 1.82) is 5.26 Å². The van der Waals surface area contributed by atoms with Crippen molar-refractivity contribution in [2.45, 2.75) is 0 Å². The quantitative estimate of drug-likeness (QED) is 0.265. The van der Waals surface area contributed by atoms with E-state index in [0.717, 1.165) is 0 Å². The second kappa shape index (κ2) is 10.8. The van der Waals surface area contributed by atoms with Crippen molar-refractivity contribution >= 4 is 40.9 Å². The van der Waals surface area contributed by atoms with Crippen molar-refractivity contribution in [3.8, 4) is 17.6 Å². The summed E-state index contributed by atoms with van der Waals surface area (Å²) in [5.41, 5.74) is 1.15. The van der Waals surface area contributed by atoms with Gasteiger partial charge in [-0.2, -0.15) is 5.26 Å². The monoisotopic (exact) mass is 465 g/mol. The van der Waals surface area contributed by atoms with Crippen LogP contribution in [-0.4, -0.2) is 23.5 Å². The van der Waals surface area contributed by atoms with Crippen molar-refractivity contribution < 1.29 is 23.8 Å². The summed E-state index contributed by atoms with van der Waals surface area (Å²) in [5, 5.41) is 23.9. The summed E-state index contributed by atoms with van der Waals surface area (Å²) >= 11 is 6.21. The molecule has 0 aromatic heterocycles. The Hall–Kier alpha value is -4.35. The molecule has 0 spiro atoms. The zero-order valence-electron chi connectivity index (χ0n) is 17.0. The van der Waals surface area contributed by atoms with Gasteiger partial charge in [-0.15, -0.1) is 0 Å². The third-order valence-electron chi connectivity index (χ3n) is 4.24. The molecule has 0 aliphatic rings. The molecule has 0 fully saturated rings. The summed E-state index contributed by atoms with van der Waals surface area (Å²) in [5.74, 6) is -1.22. The first kappa shape index (κ1) is 23.3. The minimum atomic E-state index is -0.628. The predicted molar refractivity (Wildman–Crippen MR) is 122 cm³/mol. The van der Waals surface area contributed by atoms with Crippen LogP contribution in [0.15, 0.2) is 72.3 Å². The van der Waals surface area contributed by atoms with Gasteiger partial charge in [0.1, 0.15) is 29.0 Å². The lowest BCUT2D eigenvalue weighted by Gasteiger charge is -2.09. The number of aromatic hydroxyl groups is 1. The maximum atomic E-state index is 12.9. The van der Waals surface area contributed by atoms with Gasteiger partial charge in [0, 0.05) is 11.4 Å². The molecule has 2 amide bonds. The molecule has 0 bridgehead atoms. The van der Waals surface area contributed by atoms with E-state index < -0.39 is 17.6 Å². The Bertz CT molecular complexity index is 1240. The number of benzene rings is 3. The number of carbonyl (C=O) groups is 2. The van der Waals surface area contributed by atoms with Crippen LogP contribution < -0.4 is 15.4 Å². The van der Waals surface area contributed by atoms with E-state index in [-0.39, 0.29) is 28.7 Å². The first-order valence-electron chi connectivity index (χ1n) is 9.54. The standard InChI is InChI=1S/C24H17ClFN3O4/c25-21-12-15(11-16(13-27)24(32)29-19-6-8-20(30)9-7-19)1-10-22(21)33-14-23(31)28-18-4-2-17(26)3-5-18/h1-12,30H,14H2,(H,28,31)(H,29,32)/b16-11+. The molecule has 166 valence electrons. The number of nitrogens with zero attached hydrogens (tertiary/aromatic N) is 1. The number of rotatable bonds is 7. The zero-order valence-corrected chi connectivity index (χ0v) is 17.8. The molecule has 0 atom stereocenters. The van der Waals surface area contributed by atoms with Crippen LogP contribution in [0.25, 0.3) is 6.08 Å². The average Bonchev–Trinajstić information content (AvgIpc) is 2.80. The Morgan fingerprint density at radius 2 is 1.67 bits per heavy atom. The van der Waals surface area contributed by atoms with Crippen LogP contribution in [0.3, 0.4) is 0 Å². The molecule has 0 aliphatic heterocycles. The number of amides is 2. The molecule has 33 heavy (non-hydrogen) atoms. The fourth-order valence-electron chi connectivity index (χ4n) is 2.66. The topological polar surface area (TPSA) is 111 Å². The molecule has 3 aromatic rings. The second-order valence-electron chi connectivity index (χ2n) is 6.70. The highest BCUT2D eigenvalue weighted by Crippen LogP contribution is 2.27. The predicted octanol–water partition coefficient (Wildman–Crippen LogP) is 4.75. The largest absolute Gasteiger partial charge is 0.508 e. The highest BCUT2D eigenvalue weighted by molar-refractivity contribution is 6.32. The molecular formula is C24H17ClFN3O4. The number of hydrogen-bond acceptors (Lipinski definition) is 5. The SMILES string of the molecule is N#C/C(=C\c1ccc(OCC(=O)Nc2ccc(F)cc2)c(Cl)c1)C(=O)Nc1ccc(O)cc1. The summed E-state index contributed by atoms with van der Waals surface area (Å²) in [6.45, 7) is -0.329. The van der Waals surface area contributed by atoms with Crippen molar-refractivity contribution in [2.75, 3.05) is 17.2 Å². The van der Waals surface area contributed by atoms with Crippen LogP contribution in [0.2, 0.25) is 5.02 Å². The number of nitrogens with one attached hydrogen (secondary N) is 2. The molecule has 3 N–H and O–H groups in total. The van der Waals surface area contributed by atoms with E-state index in [4.69, 9.17) is 16.3 Å². The number of ether oxygens (including phenoxy) is 1. The number of anilines is 2. The molecule has 0 radical (unpaired) electrons. The number of nitriles is 1. The Labute approximate surface area is 193 Å². The summed E-state index contributed by atoms with van der Waals surface area (Å²) in [4.78, 5) is 24.3. The van der Waals surface area contributed by atoms with Crippen LogP contribution in [0, 0.1) is 17.1 Å². The Kier molecular flexibility index (Phi) is 7.63. The summed E-state index contributed by atoms with van der Waals surface area (Å²) in [6.07, 6.45) is 1.35. The van der Waals surface area contributed by atoms with E-state index in [1.54, 1.807) is 6.07 Å². The van der Waals surface area contributed by atoms with Gasteiger partial charge in [-0.25, -0.2) is 4.39 Å². The first-order chi connectivity index (χ1) is 15.8. The van der Waals surface area contributed by atoms with Gasteiger partial charge in [-0.3, -0.25) is 9.59 Å². The summed E-state index contributed by atoms with van der Waals surface area (Å²) in [6, 6.07) is 17.5. The Morgan fingerprint density at radius 3 is 2.30 bits per heavy atom. The molecule has 0 saturated heterocycles. The van der Waals surface area contributed by atoms with Gasteiger partial charge in [0.2, 0.25) is 0 Å². The molecule has 0 saturated carbocycles. The third-order valence-corrected chi connectivity index (χ3v) is 4.54. The normalized spacial score (nSPS) is 10.8. The maximum Gasteiger partial charge on any atom is 0.266 e. The lowest BCUT2D eigenvalue weighted by Crippen LogP contribution is -2.20. The Morgan fingerprint density at radius 1 is 1.03 bits per heavy atom. The summed E-state index contributed by atoms with van der Waals surface area (Å²) < 4.78 is 18.3. The molecular weight excluding hydrogens is 449 g/mol. The molecule has 0 heterocycles. The van der Waals surface area contributed by atoms with Crippen molar-refractivity contribution in [1.82, 2.24) is 0 Å². The minimum absolute atomic E-state index is 0.0499. The van der Waals surface area contributed by atoms with E-state index in [1.807, 2.05) is 6.07 Å². The van der Waals surface area contributed by atoms with Gasteiger partial charge in [-0.05, 0) is 72.3 Å². The van der Waals surface area contributed by atoms with E-state index in [9.17, 15) is 24.3 Å². The van der Waals surface area contributed by atoms with Crippen LogP contribution in [0.1, 0.15) is 5.56 Å². The van der Waals surface area contributed by atoms with Crippen LogP contribution in [-0.2, 0) is 9.59 Å². The van der Waals surface area contributed by atoms with E-state index in [1.165, 1.54) is 66.7 Å². The number of hydrogen-bond donors (Lipinski definition) is 3. The second-order valence-corrected chi connectivity index (χ2v) is 7.11. The lowest BCUT2D eigenvalue weighted by molar-refractivity contribution is -0.118. The smallest absolute Gasteiger partial charge is 0.266 e. The number of halogens is 2. The van der Waals surface area contributed by atoms with Crippen LogP contribution in [0.5, 0.6) is 11.5 Å². The zero-order chi connectivity index (χ0) is 23.8. The number of phenolic OH excluding ortho intramolecular Hbond substituents is 1. The van der Waals surface area contributed by atoms with Crippen molar-refractivity contribution in [2.24, 2.45) is 0 Å². The fourth-order valence-corrected chi connectivity index (χ4v) is 2.90. The van der Waals surface area contributed by atoms with Gasteiger partial charge in [0.15, 0.2) is 6.61 Å². The highest BCUT2D eigenvalue weighted by atomic mass is 35.5. The molecule has 7 nitrogen and oxygen atoms in total. The highest BCUT2D eigenvalue weighted by Gasteiger charge is 2.11. The third kappa shape index (κ3) is 6.82. The van der Waals surface area contributed by atoms with E-state index in [2.05, 4.69) is 10.6 Å². The molecule has 0 unspecified atom stereocenters. The molecule has 0 aliphatic carbocycles. The Balaban J connectivity index is 1.62. The van der Waals surface area contributed by atoms with Crippen molar-refractivity contribution in [3.05, 3.63) is 88.7 Å². The number of carbonyl (C=O) groups excluding carboxylic acids is 2. The lowest BCUT2D eigenvalue weighted by atomic mass is 10.1. The first-order valence-corrected chi connectivity index (χ1v) is 9.92. The van der Waals surface area contributed by atoms with Crippen LogP contribution in [0.4, 0.5) is 15.8 Å². The fraction of sp³-hybridized carbons (Fsp3) is 0.0417.